The Balaban J connectivity index is 1.40. The number of carbonyl (C=O) groups is 2. The molecule has 0 unspecified atom stereocenters. The van der Waals surface area contributed by atoms with Gasteiger partial charge in [-0.3, -0.25) is 14.6 Å². The van der Waals surface area contributed by atoms with Crippen molar-refractivity contribution in [3.05, 3.63) is 66.1 Å². The second-order valence-electron chi connectivity index (χ2n) is 10.0. The van der Waals surface area contributed by atoms with Gasteiger partial charge in [-0.1, -0.05) is 36.4 Å². The number of fused-ring (bicyclic) bond motifs is 1. The summed E-state index contributed by atoms with van der Waals surface area (Å²) in [5.74, 6) is -0.385. The zero-order chi connectivity index (χ0) is 28.4. The quantitative estimate of drug-likeness (QED) is 0.310. The third-order valence-corrected chi connectivity index (χ3v) is 8.12. The lowest BCUT2D eigenvalue weighted by Gasteiger charge is -2.32. The van der Waals surface area contributed by atoms with Crippen LogP contribution in [-0.2, 0) is 14.8 Å². The van der Waals surface area contributed by atoms with Crippen LogP contribution in [0.1, 0.15) is 54.6 Å². The van der Waals surface area contributed by atoms with E-state index in [2.05, 4.69) is 10.1 Å². The number of rotatable bonds is 8. The third-order valence-electron chi connectivity index (χ3n) is 7.26. The number of aromatic nitrogens is 4. The Kier molecular flexibility index (Phi) is 7.63. The van der Waals surface area contributed by atoms with Crippen molar-refractivity contribution in [2.75, 3.05) is 24.6 Å². The maximum atomic E-state index is 12.7. The van der Waals surface area contributed by atoms with Crippen LogP contribution in [0.5, 0.6) is 0 Å². The Bertz CT molecular complexity index is 1660. The number of hydrogen-bond donors (Lipinski definition) is 2. The van der Waals surface area contributed by atoms with Gasteiger partial charge >= 0.3 is 0 Å². The van der Waals surface area contributed by atoms with Crippen LogP contribution in [0.3, 0.4) is 0 Å². The summed E-state index contributed by atoms with van der Waals surface area (Å²) in [6.07, 6.45) is 4.95. The number of ketones is 1. The predicted octanol–water partition coefficient (Wildman–Crippen LogP) is 3.02. The summed E-state index contributed by atoms with van der Waals surface area (Å²) in [5, 5.41) is 9.47. The maximum absolute atomic E-state index is 12.7. The number of pyridine rings is 1. The second-order valence-corrected chi connectivity index (χ2v) is 11.8. The third kappa shape index (κ3) is 5.73. The first-order valence-electron chi connectivity index (χ1n) is 13.1. The first-order valence-corrected chi connectivity index (χ1v) is 14.8. The lowest BCUT2D eigenvalue weighted by atomic mass is 9.89. The number of Topliss-reactive ketones (excluding diaryl/α,β-unsaturated/α-hetero) is 1. The summed E-state index contributed by atoms with van der Waals surface area (Å²) in [6.45, 7) is 2.41. The predicted molar refractivity (Wildman–Crippen MR) is 152 cm³/mol. The zero-order valence-corrected chi connectivity index (χ0v) is 23.0. The van der Waals surface area contributed by atoms with Crippen molar-refractivity contribution >= 4 is 33.2 Å². The fraction of sp³-hybridized carbons (Fsp3) is 0.321. The van der Waals surface area contributed by atoms with E-state index in [4.69, 9.17) is 15.9 Å². The van der Waals surface area contributed by atoms with Crippen molar-refractivity contribution in [2.24, 2.45) is 5.14 Å². The standard InChI is InChI=1S/C28H31N7O4S/c1-18(36)25-26(20-11-13-34(14-12-20)24(37)8-5-15-40(30,38)39)33-28-22(17-32-35(28)27(25)29)21-9-10-23(31-16-21)19-6-3-2-4-7-19/h2-4,6-7,9-10,16-17,20H,5,8,11-15,29H2,1H3,(H2,30,38,39). The van der Waals surface area contributed by atoms with Gasteiger partial charge in [-0.15, -0.1) is 0 Å². The van der Waals surface area contributed by atoms with Crippen molar-refractivity contribution < 1.29 is 18.0 Å². The Morgan fingerprint density at radius 1 is 1.02 bits per heavy atom. The van der Waals surface area contributed by atoms with Crippen molar-refractivity contribution in [1.29, 1.82) is 0 Å². The van der Waals surface area contributed by atoms with Gasteiger partial charge in [-0.25, -0.2) is 18.5 Å². The largest absolute Gasteiger partial charge is 0.383 e. The molecule has 1 aliphatic heterocycles. The first-order chi connectivity index (χ1) is 19.1. The molecule has 1 amide bonds. The van der Waals surface area contributed by atoms with Gasteiger partial charge in [0.25, 0.3) is 0 Å². The Labute approximate surface area is 232 Å². The molecule has 0 bridgehead atoms. The Hall–Kier alpha value is -4.16. The molecule has 0 saturated carbocycles. The van der Waals surface area contributed by atoms with Crippen LogP contribution in [0, 0.1) is 0 Å². The van der Waals surface area contributed by atoms with Crippen molar-refractivity contribution in [1.82, 2.24) is 24.5 Å². The molecule has 3 aromatic heterocycles. The summed E-state index contributed by atoms with van der Waals surface area (Å²) >= 11 is 0. The van der Waals surface area contributed by atoms with Gasteiger partial charge < -0.3 is 10.6 Å². The number of primary sulfonamides is 1. The van der Waals surface area contributed by atoms with Gasteiger partial charge in [0.2, 0.25) is 15.9 Å². The van der Waals surface area contributed by atoms with Crippen LogP contribution in [0.25, 0.3) is 28.0 Å². The normalized spacial score (nSPS) is 14.5. The van der Waals surface area contributed by atoms with Crippen LogP contribution in [-0.4, -0.2) is 63.4 Å². The molecule has 11 nitrogen and oxygen atoms in total. The summed E-state index contributed by atoms with van der Waals surface area (Å²) in [6, 6.07) is 13.8. The molecule has 0 radical (unpaired) electrons. The molecule has 0 spiro atoms. The molecule has 1 aliphatic rings. The van der Waals surface area contributed by atoms with E-state index in [0.29, 0.717) is 42.8 Å². The minimum Gasteiger partial charge on any atom is -0.383 e. The minimum absolute atomic E-state index is 0.0824. The molecule has 5 rings (SSSR count). The van der Waals surface area contributed by atoms with Crippen molar-refractivity contribution in [2.45, 2.75) is 38.5 Å². The van der Waals surface area contributed by atoms with Gasteiger partial charge in [-0.2, -0.15) is 9.61 Å². The highest BCUT2D eigenvalue weighted by Gasteiger charge is 2.30. The van der Waals surface area contributed by atoms with E-state index in [9.17, 15) is 18.0 Å². The van der Waals surface area contributed by atoms with E-state index in [0.717, 1.165) is 22.4 Å². The van der Waals surface area contributed by atoms with Crippen molar-refractivity contribution in [3.8, 4) is 22.4 Å². The van der Waals surface area contributed by atoms with E-state index < -0.39 is 10.0 Å². The van der Waals surface area contributed by atoms with Crippen LogP contribution in [0.15, 0.2) is 54.9 Å². The summed E-state index contributed by atoms with van der Waals surface area (Å²) in [7, 11) is -3.60. The molecular formula is C28H31N7O4S. The van der Waals surface area contributed by atoms with Crippen LogP contribution in [0.2, 0.25) is 0 Å². The number of benzene rings is 1. The highest BCUT2D eigenvalue weighted by Crippen LogP contribution is 2.35. The number of carbonyl (C=O) groups excluding carboxylic acids is 2. The highest BCUT2D eigenvalue weighted by atomic mass is 32.2. The van der Waals surface area contributed by atoms with Crippen LogP contribution >= 0.6 is 0 Å². The van der Waals surface area contributed by atoms with Gasteiger partial charge in [0.1, 0.15) is 5.82 Å². The highest BCUT2D eigenvalue weighted by molar-refractivity contribution is 7.89. The molecule has 0 aliphatic carbocycles. The summed E-state index contributed by atoms with van der Waals surface area (Å²) < 4.78 is 23.8. The number of likely N-dealkylation sites (tertiary alicyclic amines) is 1. The Morgan fingerprint density at radius 2 is 1.75 bits per heavy atom. The van der Waals surface area contributed by atoms with E-state index in [1.165, 1.54) is 11.4 Å². The average molecular weight is 562 g/mol. The fourth-order valence-electron chi connectivity index (χ4n) is 5.21. The number of anilines is 1. The number of piperidine rings is 1. The number of sulfonamides is 1. The molecule has 1 fully saturated rings. The minimum atomic E-state index is -3.60. The zero-order valence-electron chi connectivity index (χ0n) is 22.2. The summed E-state index contributed by atoms with van der Waals surface area (Å²) in [5.41, 5.74) is 11.4. The number of amides is 1. The first kappa shape index (κ1) is 27.4. The SMILES string of the molecule is CC(=O)c1c(C2CCN(C(=O)CCCS(N)(=O)=O)CC2)nc2c(-c3ccc(-c4ccccc4)nc3)cnn2c1N. The molecule has 4 N–H and O–H groups in total. The van der Waals surface area contributed by atoms with E-state index in [-0.39, 0.29) is 42.0 Å². The lowest BCUT2D eigenvalue weighted by Crippen LogP contribution is -2.38. The fourth-order valence-corrected chi connectivity index (χ4v) is 5.76. The monoisotopic (exact) mass is 561 g/mol. The maximum Gasteiger partial charge on any atom is 0.222 e. The molecule has 40 heavy (non-hydrogen) atoms. The number of nitrogens with two attached hydrogens (primary N) is 2. The van der Waals surface area contributed by atoms with Crippen molar-refractivity contribution in [3.63, 3.8) is 0 Å². The lowest BCUT2D eigenvalue weighted by molar-refractivity contribution is -0.132. The summed E-state index contributed by atoms with van der Waals surface area (Å²) in [4.78, 5) is 36.6. The van der Waals surface area contributed by atoms with E-state index in [1.807, 2.05) is 42.5 Å². The number of nitrogen functional groups attached to an aromatic ring is 1. The van der Waals surface area contributed by atoms with Gasteiger partial charge in [0.05, 0.1) is 28.9 Å². The van der Waals surface area contributed by atoms with Crippen LogP contribution in [0.4, 0.5) is 5.82 Å². The van der Waals surface area contributed by atoms with E-state index in [1.54, 1.807) is 17.3 Å². The molecular weight excluding hydrogens is 530 g/mol. The van der Waals surface area contributed by atoms with Crippen LogP contribution < -0.4 is 10.9 Å². The molecule has 4 aromatic rings. The van der Waals surface area contributed by atoms with Gasteiger partial charge in [0, 0.05) is 48.3 Å². The molecule has 1 aromatic carbocycles. The average Bonchev–Trinajstić information content (AvgIpc) is 3.37. The molecule has 1 saturated heterocycles. The van der Waals surface area contributed by atoms with Gasteiger partial charge in [0.15, 0.2) is 11.4 Å². The smallest absolute Gasteiger partial charge is 0.222 e. The van der Waals surface area contributed by atoms with E-state index >= 15 is 0 Å². The number of nitrogens with zero attached hydrogens (tertiary/aromatic N) is 5. The molecule has 208 valence electrons. The number of hydrogen-bond acceptors (Lipinski definition) is 8. The molecule has 4 heterocycles. The topological polar surface area (TPSA) is 167 Å². The second kappa shape index (κ2) is 11.1. The molecule has 0 atom stereocenters. The van der Waals surface area contributed by atoms with Gasteiger partial charge in [-0.05, 0) is 32.3 Å². The molecule has 12 heteroatoms. The Morgan fingerprint density at radius 3 is 2.38 bits per heavy atom.